The first-order valence-electron chi connectivity index (χ1n) is 7.84. The van der Waals surface area contributed by atoms with Crippen LogP contribution in [0.3, 0.4) is 0 Å². The van der Waals surface area contributed by atoms with Gasteiger partial charge in [0.15, 0.2) is 0 Å². The van der Waals surface area contributed by atoms with E-state index in [0.717, 1.165) is 44.9 Å². The highest BCUT2D eigenvalue weighted by Crippen LogP contribution is 2.38. The number of imide groups is 2. The standard InChI is InChI=1S/C15H22N2O3S/c1-21-11-8-4-7-10(11)17-14(19)12(9-5-2-3-6-9)13(18)16-15(17)20/h9-12H,2-8H2,1H3,(H,16,18,20). The van der Waals surface area contributed by atoms with E-state index < -0.39 is 11.9 Å². The molecule has 2 saturated carbocycles. The molecule has 21 heavy (non-hydrogen) atoms. The number of urea groups is 1. The molecule has 1 heterocycles. The highest BCUT2D eigenvalue weighted by Gasteiger charge is 2.49. The molecule has 0 aromatic heterocycles. The van der Waals surface area contributed by atoms with Crippen LogP contribution < -0.4 is 5.32 Å². The van der Waals surface area contributed by atoms with Gasteiger partial charge in [-0.15, -0.1) is 0 Å². The second-order valence-corrected chi connectivity index (χ2v) is 7.37. The Bertz CT molecular complexity index is 462. The van der Waals surface area contributed by atoms with E-state index in [9.17, 15) is 14.4 Å². The van der Waals surface area contributed by atoms with Crippen molar-refractivity contribution in [3.05, 3.63) is 0 Å². The lowest BCUT2D eigenvalue weighted by molar-refractivity contribution is -0.146. The summed E-state index contributed by atoms with van der Waals surface area (Å²) in [6.07, 6.45) is 8.94. The predicted octanol–water partition coefficient (Wildman–Crippen LogP) is 2.16. The van der Waals surface area contributed by atoms with Gasteiger partial charge in [-0.05, 0) is 37.9 Å². The number of barbiturate groups is 1. The Kier molecular flexibility index (Phi) is 4.24. The molecule has 116 valence electrons. The molecule has 1 N–H and O–H groups in total. The second-order valence-electron chi connectivity index (χ2n) is 6.30. The molecule has 3 atom stereocenters. The summed E-state index contributed by atoms with van der Waals surface area (Å²) in [4.78, 5) is 38.5. The fourth-order valence-corrected chi connectivity index (χ4v) is 5.08. The molecule has 6 heteroatoms. The van der Waals surface area contributed by atoms with Crippen LogP contribution in [0.5, 0.6) is 0 Å². The van der Waals surface area contributed by atoms with Crippen LogP contribution in [0.25, 0.3) is 0 Å². The van der Waals surface area contributed by atoms with Gasteiger partial charge in [0.25, 0.3) is 0 Å². The third-order valence-corrected chi connectivity index (χ3v) is 6.31. The van der Waals surface area contributed by atoms with E-state index in [2.05, 4.69) is 5.32 Å². The van der Waals surface area contributed by atoms with Gasteiger partial charge in [0.2, 0.25) is 11.8 Å². The number of amides is 4. The number of rotatable bonds is 3. The van der Waals surface area contributed by atoms with Crippen LogP contribution in [0.15, 0.2) is 0 Å². The molecular weight excluding hydrogens is 288 g/mol. The van der Waals surface area contributed by atoms with Crippen molar-refractivity contribution >= 4 is 29.6 Å². The molecule has 4 amide bonds. The maximum absolute atomic E-state index is 12.8. The highest BCUT2D eigenvalue weighted by molar-refractivity contribution is 7.99. The van der Waals surface area contributed by atoms with Gasteiger partial charge in [-0.1, -0.05) is 19.3 Å². The first-order chi connectivity index (χ1) is 10.1. The summed E-state index contributed by atoms with van der Waals surface area (Å²) >= 11 is 1.71. The molecule has 0 aromatic carbocycles. The van der Waals surface area contributed by atoms with Gasteiger partial charge in [-0.2, -0.15) is 11.8 Å². The average Bonchev–Trinajstić information content (AvgIpc) is 3.09. The zero-order chi connectivity index (χ0) is 15.0. The van der Waals surface area contributed by atoms with Crippen molar-refractivity contribution in [1.82, 2.24) is 10.2 Å². The molecule has 2 aliphatic carbocycles. The zero-order valence-corrected chi connectivity index (χ0v) is 13.2. The van der Waals surface area contributed by atoms with E-state index in [1.807, 2.05) is 6.26 Å². The van der Waals surface area contributed by atoms with Gasteiger partial charge in [0, 0.05) is 5.25 Å². The van der Waals surface area contributed by atoms with Crippen molar-refractivity contribution in [2.75, 3.05) is 6.26 Å². The van der Waals surface area contributed by atoms with Crippen LogP contribution in [-0.4, -0.2) is 40.3 Å². The minimum atomic E-state index is -0.645. The Balaban J connectivity index is 1.83. The van der Waals surface area contributed by atoms with Crippen LogP contribution in [0.4, 0.5) is 4.79 Å². The molecule has 0 radical (unpaired) electrons. The molecule has 1 saturated heterocycles. The summed E-state index contributed by atoms with van der Waals surface area (Å²) in [5, 5.41) is 2.73. The molecule has 0 aromatic rings. The lowest BCUT2D eigenvalue weighted by Crippen LogP contribution is -2.63. The molecule has 1 aliphatic heterocycles. The van der Waals surface area contributed by atoms with Crippen molar-refractivity contribution in [1.29, 1.82) is 0 Å². The molecule has 0 bridgehead atoms. The summed E-state index contributed by atoms with van der Waals surface area (Å²) in [6.45, 7) is 0. The van der Waals surface area contributed by atoms with Crippen molar-refractivity contribution < 1.29 is 14.4 Å². The van der Waals surface area contributed by atoms with E-state index in [1.165, 1.54) is 4.90 Å². The van der Waals surface area contributed by atoms with E-state index in [1.54, 1.807) is 11.8 Å². The fraction of sp³-hybridized carbons (Fsp3) is 0.800. The highest BCUT2D eigenvalue weighted by atomic mass is 32.2. The molecule has 3 aliphatic rings. The topological polar surface area (TPSA) is 66.5 Å². The Morgan fingerprint density at radius 3 is 2.43 bits per heavy atom. The van der Waals surface area contributed by atoms with Gasteiger partial charge >= 0.3 is 6.03 Å². The SMILES string of the molecule is CSC1CCCC1N1C(=O)NC(=O)C(C2CCCC2)C1=O. The minimum Gasteiger partial charge on any atom is -0.277 e. The average molecular weight is 310 g/mol. The number of carbonyl (C=O) groups excluding carboxylic acids is 3. The minimum absolute atomic E-state index is 0.0514. The van der Waals surface area contributed by atoms with Gasteiger partial charge in [0.05, 0.1) is 6.04 Å². The lowest BCUT2D eigenvalue weighted by Gasteiger charge is -2.38. The number of hydrogen-bond acceptors (Lipinski definition) is 4. The summed E-state index contributed by atoms with van der Waals surface area (Å²) in [6, 6.07) is -0.560. The van der Waals surface area contributed by atoms with Crippen LogP contribution >= 0.6 is 11.8 Å². The quantitative estimate of drug-likeness (QED) is 0.811. The Labute approximate surface area is 129 Å². The molecule has 3 fully saturated rings. The van der Waals surface area contributed by atoms with Crippen LogP contribution in [0, 0.1) is 11.8 Å². The number of nitrogens with zero attached hydrogens (tertiary/aromatic N) is 1. The normalized spacial score (nSPS) is 34.6. The Morgan fingerprint density at radius 1 is 1.05 bits per heavy atom. The van der Waals surface area contributed by atoms with E-state index >= 15 is 0 Å². The van der Waals surface area contributed by atoms with Gasteiger partial charge < -0.3 is 0 Å². The fourth-order valence-electron chi connectivity index (χ4n) is 4.10. The maximum Gasteiger partial charge on any atom is 0.331 e. The molecule has 5 nitrogen and oxygen atoms in total. The van der Waals surface area contributed by atoms with Crippen LogP contribution in [0.2, 0.25) is 0 Å². The number of nitrogens with one attached hydrogen (secondary N) is 1. The molecular formula is C15H22N2O3S. The van der Waals surface area contributed by atoms with Gasteiger partial charge in [-0.3, -0.25) is 19.8 Å². The van der Waals surface area contributed by atoms with E-state index in [-0.39, 0.29) is 23.8 Å². The predicted molar refractivity (Wildman–Crippen MR) is 80.8 cm³/mol. The molecule has 3 unspecified atom stereocenters. The summed E-state index contributed by atoms with van der Waals surface area (Å²) in [5.74, 6) is -1.16. The van der Waals surface area contributed by atoms with Gasteiger partial charge in [0.1, 0.15) is 5.92 Å². The van der Waals surface area contributed by atoms with Crippen molar-refractivity contribution in [2.45, 2.75) is 56.2 Å². The van der Waals surface area contributed by atoms with Crippen molar-refractivity contribution in [2.24, 2.45) is 11.8 Å². The van der Waals surface area contributed by atoms with E-state index in [0.29, 0.717) is 5.25 Å². The third kappa shape index (κ3) is 2.58. The Hall–Kier alpha value is -1.04. The van der Waals surface area contributed by atoms with Crippen LogP contribution in [0.1, 0.15) is 44.9 Å². The number of carbonyl (C=O) groups is 3. The monoisotopic (exact) mass is 310 g/mol. The lowest BCUT2D eigenvalue weighted by atomic mass is 9.87. The number of thioether (sulfide) groups is 1. The van der Waals surface area contributed by atoms with Crippen molar-refractivity contribution in [3.8, 4) is 0 Å². The largest absolute Gasteiger partial charge is 0.331 e. The van der Waals surface area contributed by atoms with E-state index in [4.69, 9.17) is 0 Å². The second kappa shape index (κ2) is 5.99. The summed E-state index contributed by atoms with van der Waals surface area (Å²) < 4.78 is 0. The maximum atomic E-state index is 12.8. The Morgan fingerprint density at radius 2 is 1.76 bits per heavy atom. The summed E-state index contributed by atoms with van der Waals surface area (Å²) in [5.41, 5.74) is 0. The third-order valence-electron chi connectivity index (χ3n) is 5.16. The smallest absolute Gasteiger partial charge is 0.277 e. The van der Waals surface area contributed by atoms with Gasteiger partial charge in [-0.25, -0.2) is 4.79 Å². The first-order valence-corrected chi connectivity index (χ1v) is 9.13. The molecule has 3 rings (SSSR count). The van der Waals surface area contributed by atoms with Crippen molar-refractivity contribution in [3.63, 3.8) is 0 Å². The molecule has 0 spiro atoms. The summed E-state index contributed by atoms with van der Waals surface area (Å²) in [7, 11) is 0. The zero-order valence-electron chi connectivity index (χ0n) is 12.3. The van der Waals surface area contributed by atoms with Crippen LogP contribution in [-0.2, 0) is 9.59 Å². The number of hydrogen-bond donors (Lipinski definition) is 1. The first kappa shape index (κ1) is 14.9.